The number of halogens is 1. The summed E-state index contributed by atoms with van der Waals surface area (Å²) in [7, 11) is 0. The smallest absolute Gasteiger partial charge is 0.262 e. The summed E-state index contributed by atoms with van der Waals surface area (Å²) in [5, 5.41) is 0. The molecule has 3 heteroatoms. The maximum Gasteiger partial charge on any atom is 0.262 e. The van der Waals surface area contributed by atoms with Crippen LogP contribution in [0.15, 0.2) is 16.6 Å². The zero-order chi connectivity index (χ0) is 6.85. The molecule has 0 aliphatic carbocycles. The van der Waals surface area contributed by atoms with Gasteiger partial charge in [-0.25, -0.2) is 4.99 Å². The Kier molecular flexibility index (Phi) is 2.00. The number of amides is 1. The summed E-state index contributed by atoms with van der Waals surface area (Å²) < 4.78 is -0.0485. The number of hydrogen-bond acceptors (Lipinski definition) is 1. The molecular weight excluding hydrogens is 229 g/mol. The summed E-state index contributed by atoms with van der Waals surface area (Å²) in [6.45, 7) is 1.93. The predicted molar refractivity (Wildman–Crippen MR) is 45.1 cm³/mol. The second-order valence-electron chi connectivity index (χ2n) is 1.91. The predicted octanol–water partition coefficient (Wildman–Crippen LogP) is 1.35. The van der Waals surface area contributed by atoms with E-state index in [0.717, 1.165) is 5.57 Å². The van der Waals surface area contributed by atoms with Crippen LogP contribution in [-0.4, -0.2) is 16.0 Å². The van der Waals surface area contributed by atoms with Gasteiger partial charge in [0.15, 0.2) is 0 Å². The van der Waals surface area contributed by atoms with Gasteiger partial charge in [-0.05, 0) is 12.5 Å². The van der Waals surface area contributed by atoms with Crippen LogP contribution in [0.2, 0.25) is 0 Å². The van der Waals surface area contributed by atoms with E-state index in [1.165, 1.54) is 0 Å². The van der Waals surface area contributed by atoms with Gasteiger partial charge in [0.2, 0.25) is 0 Å². The third kappa shape index (κ3) is 1.61. The number of hydrogen-bond donors (Lipinski definition) is 0. The lowest BCUT2D eigenvalue weighted by Gasteiger charge is -2.03. The summed E-state index contributed by atoms with van der Waals surface area (Å²) >= 11 is 2.06. The molecule has 1 atom stereocenters. The largest absolute Gasteiger partial charge is 0.271 e. The van der Waals surface area contributed by atoms with Crippen molar-refractivity contribution < 1.29 is 4.79 Å². The molecule has 1 aliphatic heterocycles. The molecule has 0 saturated carbocycles. The number of rotatable bonds is 0. The molecule has 0 aromatic rings. The zero-order valence-electron chi connectivity index (χ0n) is 4.97. The van der Waals surface area contributed by atoms with Crippen LogP contribution >= 0.6 is 22.6 Å². The van der Waals surface area contributed by atoms with E-state index in [0.29, 0.717) is 0 Å². The lowest BCUT2D eigenvalue weighted by Crippen LogP contribution is -2.12. The SMILES string of the molecule is CC1=CC(I)C(=O)N=C1. The molecule has 0 aromatic heterocycles. The van der Waals surface area contributed by atoms with Crippen molar-refractivity contribution in [3.8, 4) is 0 Å². The van der Waals surface area contributed by atoms with Gasteiger partial charge < -0.3 is 0 Å². The average Bonchev–Trinajstić information content (AvgIpc) is 1.80. The van der Waals surface area contributed by atoms with Gasteiger partial charge in [-0.15, -0.1) is 0 Å². The van der Waals surface area contributed by atoms with Gasteiger partial charge in [0.05, 0.1) is 0 Å². The lowest BCUT2D eigenvalue weighted by molar-refractivity contribution is -0.116. The summed E-state index contributed by atoms with van der Waals surface area (Å²) in [5.41, 5.74) is 1.06. The number of alkyl halides is 1. The van der Waals surface area contributed by atoms with E-state index < -0.39 is 0 Å². The molecule has 48 valence electrons. The molecule has 0 N–H and O–H groups in total. The average molecular weight is 235 g/mol. The summed E-state index contributed by atoms with van der Waals surface area (Å²) in [5.74, 6) is -0.0544. The molecule has 1 unspecified atom stereocenters. The van der Waals surface area contributed by atoms with Crippen LogP contribution in [0.25, 0.3) is 0 Å². The fraction of sp³-hybridized carbons (Fsp3) is 0.333. The maximum atomic E-state index is 10.7. The van der Waals surface area contributed by atoms with Crippen molar-refractivity contribution in [2.24, 2.45) is 4.99 Å². The first-order chi connectivity index (χ1) is 4.20. The first kappa shape index (κ1) is 6.92. The molecule has 0 radical (unpaired) electrons. The molecule has 0 bridgehead atoms. The van der Waals surface area contributed by atoms with Gasteiger partial charge in [0, 0.05) is 6.21 Å². The monoisotopic (exact) mass is 235 g/mol. The Morgan fingerprint density at radius 1 is 1.78 bits per heavy atom. The minimum atomic E-state index is -0.0544. The van der Waals surface area contributed by atoms with Crippen LogP contribution in [0.1, 0.15) is 6.92 Å². The van der Waals surface area contributed by atoms with Crippen molar-refractivity contribution in [1.82, 2.24) is 0 Å². The highest BCUT2D eigenvalue weighted by Crippen LogP contribution is 2.10. The second kappa shape index (κ2) is 2.60. The first-order valence-electron chi connectivity index (χ1n) is 2.60. The van der Waals surface area contributed by atoms with Crippen molar-refractivity contribution in [2.45, 2.75) is 10.8 Å². The fourth-order valence-electron chi connectivity index (χ4n) is 0.582. The third-order valence-corrected chi connectivity index (χ3v) is 1.93. The zero-order valence-corrected chi connectivity index (χ0v) is 7.12. The Morgan fingerprint density at radius 2 is 2.44 bits per heavy atom. The van der Waals surface area contributed by atoms with Crippen LogP contribution in [0, 0.1) is 0 Å². The van der Waals surface area contributed by atoms with E-state index in [4.69, 9.17) is 0 Å². The standard InChI is InChI=1S/C6H6INO/c1-4-2-5(7)6(9)8-3-4/h2-3,5H,1H3. The Morgan fingerprint density at radius 3 is 2.89 bits per heavy atom. The minimum absolute atomic E-state index is 0.0485. The van der Waals surface area contributed by atoms with E-state index in [2.05, 4.69) is 27.6 Å². The van der Waals surface area contributed by atoms with E-state index in [9.17, 15) is 4.79 Å². The fourth-order valence-corrected chi connectivity index (χ4v) is 1.31. The molecule has 0 spiro atoms. The van der Waals surface area contributed by atoms with E-state index in [1.807, 2.05) is 13.0 Å². The van der Waals surface area contributed by atoms with Gasteiger partial charge >= 0.3 is 0 Å². The number of carbonyl (C=O) groups excluding carboxylic acids is 1. The highest BCUT2D eigenvalue weighted by molar-refractivity contribution is 14.1. The minimum Gasteiger partial charge on any atom is -0.271 e. The van der Waals surface area contributed by atoms with Gasteiger partial charge in [-0.1, -0.05) is 28.7 Å². The molecule has 0 aromatic carbocycles. The highest BCUT2D eigenvalue weighted by atomic mass is 127. The lowest BCUT2D eigenvalue weighted by atomic mass is 10.2. The number of allylic oxidation sites excluding steroid dienone is 1. The van der Waals surface area contributed by atoms with Gasteiger partial charge in [0.25, 0.3) is 5.91 Å². The van der Waals surface area contributed by atoms with Gasteiger partial charge in [0.1, 0.15) is 3.92 Å². The number of carbonyl (C=O) groups is 1. The van der Waals surface area contributed by atoms with E-state index in [1.54, 1.807) is 6.21 Å². The molecule has 1 heterocycles. The number of dihydropyridines is 1. The molecule has 1 rings (SSSR count). The summed E-state index contributed by atoms with van der Waals surface area (Å²) in [6.07, 6.45) is 3.49. The Bertz CT molecular complexity index is 195. The van der Waals surface area contributed by atoms with Crippen molar-refractivity contribution >= 4 is 34.7 Å². The van der Waals surface area contributed by atoms with Crippen molar-refractivity contribution in [3.63, 3.8) is 0 Å². The normalized spacial score (nSPS) is 26.2. The van der Waals surface area contributed by atoms with Crippen LogP contribution in [0.5, 0.6) is 0 Å². The summed E-state index contributed by atoms with van der Waals surface area (Å²) in [6, 6.07) is 0. The Balaban J connectivity index is 2.82. The Hall–Kier alpha value is -0.190. The molecule has 0 fully saturated rings. The van der Waals surface area contributed by atoms with Crippen LogP contribution in [0.3, 0.4) is 0 Å². The summed E-state index contributed by atoms with van der Waals surface area (Å²) in [4.78, 5) is 14.3. The molecule has 2 nitrogen and oxygen atoms in total. The van der Waals surface area contributed by atoms with Gasteiger partial charge in [-0.2, -0.15) is 0 Å². The molecule has 9 heavy (non-hydrogen) atoms. The number of aliphatic imine (C=N–C) groups is 1. The maximum absolute atomic E-state index is 10.7. The van der Waals surface area contributed by atoms with Crippen LogP contribution in [-0.2, 0) is 4.79 Å². The van der Waals surface area contributed by atoms with Gasteiger partial charge in [-0.3, -0.25) is 4.79 Å². The van der Waals surface area contributed by atoms with Crippen molar-refractivity contribution in [2.75, 3.05) is 0 Å². The van der Waals surface area contributed by atoms with E-state index >= 15 is 0 Å². The molecule has 1 aliphatic rings. The quantitative estimate of drug-likeness (QED) is 0.460. The molecule has 1 amide bonds. The van der Waals surface area contributed by atoms with Crippen LogP contribution < -0.4 is 0 Å². The van der Waals surface area contributed by atoms with Crippen molar-refractivity contribution in [1.29, 1.82) is 0 Å². The molecule has 0 saturated heterocycles. The van der Waals surface area contributed by atoms with Crippen molar-refractivity contribution in [3.05, 3.63) is 11.6 Å². The highest BCUT2D eigenvalue weighted by Gasteiger charge is 2.12. The topological polar surface area (TPSA) is 29.4 Å². The third-order valence-electron chi connectivity index (χ3n) is 1.04. The Labute approximate surface area is 67.2 Å². The van der Waals surface area contributed by atoms with Crippen LogP contribution in [0.4, 0.5) is 0 Å². The molecular formula is C6H6INO. The second-order valence-corrected chi connectivity index (χ2v) is 3.25. The number of nitrogens with zero attached hydrogens (tertiary/aromatic N) is 1. The van der Waals surface area contributed by atoms with E-state index in [-0.39, 0.29) is 9.83 Å². The first-order valence-corrected chi connectivity index (χ1v) is 3.85.